The van der Waals surface area contributed by atoms with Crippen molar-refractivity contribution in [1.29, 1.82) is 0 Å². The Morgan fingerprint density at radius 1 is 0.500 bits per heavy atom. The maximum Gasteiger partial charge on any atom is 0.136 e. The van der Waals surface area contributed by atoms with Crippen LogP contribution in [0.4, 0.5) is 0 Å². The molecule has 0 aliphatic heterocycles. The van der Waals surface area contributed by atoms with E-state index in [0.717, 1.165) is 28.8 Å². The minimum atomic E-state index is -0.124. The molecule has 0 saturated carbocycles. The zero-order valence-electron chi connectivity index (χ0n) is 24.8. The SMILES string of the molecule is CC(C)(C)c1cccc2oc3cc(CC(C)(C)c4ccc5oc6ccc7ccccc7c6c5c4)c4ccccc4c3c12. The summed E-state index contributed by atoms with van der Waals surface area (Å²) in [5.41, 5.74) is 7.62. The molecule has 8 aromatic rings. The van der Waals surface area contributed by atoms with E-state index in [-0.39, 0.29) is 10.8 Å². The summed E-state index contributed by atoms with van der Waals surface area (Å²) in [5, 5.41) is 9.88. The molecule has 0 unspecified atom stereocenters. The molecule has 0 radical (unpaired) electrons. The van der Waals surface area contributed by atoms with Crippen LogP contribution in [0.15, 0.2) is 112 Å². The standard InChI is InChI=1S/C40H34O2/c1-39(2,3)31-15-10-16-33-38(31)37-29-14-9-8-12-27(29)25(21-35(37)42-33)23-40(4,5)26-18-20-32-30(22-26)36-28-13-7-6-11-24(28)17-19-34(36)41-32/h6-22H,23H2,1-5H3. The van der Waals surface area contributed by atoms with Crippen molar-refractivity contribution in [3.63, 3.8) is 0 Å². The monoisotopic (exact) mass is 546 g/mol. The zero-order chi connectivity index (χ0) is 28.8. The van der Waals surface area contributed by atoms with Crippen molar-refractivity contribution in [2.24, 2.45) is 0 Å². The Labute approximate surface area is 245 Å². The highest BCUT2D eigenvalue weighted by Gasteiger charge is 2.27. The quantitative estimate of drug-likeness (QED) is 0.220. The first-order valence-electron chi connectivity index (χ1n) is 14.9. The third-order valence-electron chi connectivity index (χ3n) is 9.17. The number of hydrogen-bond donors (Lipinski definition) is 0. The summed E-state index contributed by atoms with van der Waals surface area (Å²) in [4.78, 5) is 0. The molecule has 2 aromatic heterocycles. The molecular weight excluding hydrogens is 512 g/mol. The molecule has 206 valence electrons. The van der Waals surface area contributed by atoms with Gasteiger partial charge in [-0.1, -0.05) is 107 Å². The maximum absolute atomic E-state index is 6.58. The number of hydrogen-bond acceptors (Lipinski definition) is 2. The van der Waals surface area contributed by atoms with E-state index in [9.17, 15) is 0 Å². The van der Waals surface area contributed by atoms with Crippen LogP contribution in [0, 0.1) is 0 Å². The van der Waals surface area contributed by atoms with Crippen LogP contribution in [0.3, 0.4) is 0 Å². The minimum absolute atomic E-state index is 0.0132. The molecule has 0 amide bonds. The Hall–Kier alpha value is -4.56. The lowest BCUT2D eigenvalue weighted by Gasteiger charge is -2.26. The average Bonchev–Trinajstić information content (AvgIpc) is 3.54. The molecule has 6 aromatic carbocycles. The number of benzene rings is 6. The van der Waals surface area contributed by atoms with Gasteiger partial charge in [-0.05, 0) is 85.8 Å². The zero-order valence-corrected chi connectivity index (χ0v) is 24.8. The van der Waals surface area contributed by atoms with E-state index in [0.29, 0.717) is 0 Å². The summed E-state index contributed by atoms with van der Waals surface area (Å²) in [6.45, 7) is 11.5. The third kappa shape index (κ3) is 3.71. The molecule has 0 atom stereocenters. The molecule has 2 heteroatoms. The summed E-state index contributed by atoms with van der Waals surface area (Å²) >= 11 is 0. The fourth-order valence-corrected chi connectivity index (χ4v) is 7.07. The van der Waals surface area contributed by atoms with Crippen molar-refractivity contribution in [2.45, 2.75) is 51.9 Å². The molecule has 0 saturated heterocycles. The largest absolute Gasteiger partial charge is 0.456 e. The Balaban J connectivity index is 1.31. The van der Waals surface area contributed by atoms with Crippen molar-refractivity contribution in [3.05, 3.63) is 120 Å². The molecule has 0 N–H and O–H groups in total. The van der Waals surface area contributed by atoms with Crippen LogP contribution in [0.2, 0.25) is 0 Å². The van der Waals surface area contributed by atoms with Gasteiger partial charge in [0.2, 0.25) is 0 Å². The molecule has 8 rings (SSSR count). The highest BCUT2D eigenvalue weighted by atomic mass is 16.3. The van der Waals surface area contributed by atoms with Crippen LogP contribution >= 0.6 is 0 Å². The molecule has 0 spiro atoms. The molecule has 0 bridgehead atoms. The summed E-state index contributed by atoms with van der Waals surface area (Å²) in [7, 11) is 0. The average molecular weight is 547 g/mol. The van der Waals surface area contributed by atoms with Gasteiger partial charge in [0, 0.05) is 21.5 Å². The molecule has 0 fully saturated rings. The van der Waals surface area contributed by atoms with Crippen molar-refractivity contribution >= 4 is 65.4 Å². The minimum Gasteiger partial charge on any atom is -0.456 e. The van der Waals surface area contributed by atoms with Crippen LogP contribution < -0.4 is 0 Å². The van der Waals surface area contributed by atoms with E-state index in [1.165, 1.54) is 59.8 Å². The lowest BCUT2D eigenvalue weighted by atomic mass is 9.77. The molecule has 0 aliphatic carbocycles. The third-order valence-corrected chi connectivity index (χ3v) is 9.17. The highest BCUT2D eigenvalue weighted by molar-refractivity contribution is 6.21. The van der Waals surface area contributed by atoms with Gasteiger partial charge in [0.05, 0.1) is 0 Å². The van der Waals surface area contributed by atoms with Crippen LogP contribution in [0.25, 0.3) is 65.4 Å². The predicted molar refractivity (Wildman–Crippen MR) is 178 cm³/mol. The van der Waals surface area contributed by atoms with Gasteiger partial charge in [-0.3, -0.25) is 0 Å². The van der Waals surface area contributed by atoms with E-state index in [1.54, 1.807) is 0 Å². The van der Waals surface area contributed by atoms with Crippen molar-refractivity contribution in [2.75, 3.05) is 0 Å². The summed E-state index contributed by atoms with van der Waals surface area (Å²) in [5.74, 6) is 0. The van der Waals surface area contributed by atoms with Crippen molar-refractivity contribution < 1.29 is 8.83 Å². The molecule has 2 nitrogen and oxygen atoms in total. The van der Waals surface area contributed by atoms with Gasteiger partial charge in [-0.25, -0.2) is 0 Å². The number of fused-ring (bicyclic) bond motifs is 10. The first-order valence-corrected chi connectivity index (χ1v) is 14.9. The smallest absolute Gasteiger partial charge is 0.136 e. The van der Waals surface area contributed by atoms with E-state index in [2.05, 4.69) is 138 Å². The van der Waals surface area contributed by atoms with Crippen molar-refractivity contribution in [3.8, 4) is 0 Å². The fraction of sp³-hybridized carbons (Fsp3) is 0.200. The van der Waals surface area contributed by atoms with Gasteiger partial charge in [0.15, 0.2) is 0 Å². The van der Waals surface area contributed by atoms with Crippen LogP contribution in [-0.4, -0.2) is 0 Å². The normalized spacial score (nSPS) is 13.0. The van der Waals surface area contributed by atoms with Crippen LogP contribution in [0.5, 0.6) is 0 Å². The van der Waals surface area contributed by atoms with E-state index in [4.69, 9.17) is 8.83 Å². The second-order valence-electron chi connectivity index (χ2n) is 13.5. The first kappa shape index (κ1) is 25.2. The molecular formula is C40H34O2. The fourth-order valence-electron chi connectivity index (χ4n) is 7.07. The van der Waals surface area contributed by atoms with Gasteiger partial charge in [-0.15, -0.1) is 0 Å². The lowest BCUT2D eigenvalue weighted by Crippen LogP contribution is -2.20. The molecule has 42 heavy (non-hydrogen) atoms. The second-order valence-corrected chi connectivity index (χ2v) is 13.5. The van der Waals surface area contributed by atoms with E-state index < -0.39 is 0 Å². The van der Waals surface area contributed by atoms with Gasteiger partial charge in [0.1, 0.15) is 22.3 Å². The predicted octanol–water partition coefficient (Wildman–Crippen LogP) is 11.6. The number of furan rings is 2. The highest BCUT2D eigenvalue weighted by Crippen LogP contribution is 2.43. The Bertz CT molecular complexity index is 2340. The van der Waals surface area contributed by atoms with Crippen LogP contribution in [0.1, 0.15) is 51.3 Å². The Kier molecular flexibility index (Phi) is 5.23. The van der Waals surface area contributed by atoms with Gasteiger partial charge < -0.3 is 8.83 Å². The summed E-state index contributed by atoms with van der Waals surface area (Å²) < 4.78 is 12.9. The second kappa shape index (κ2) is 8.72. The van der Waals surface area contributed by atoms with Gasteiger partial charge >= 0.3 is 0 Å². The summed E-state index contributed by atoms with van der Waals surface area (Å²) in [6, 6.07) is 37.2. The van der Waals surface area contributed by atoms with E-state index >= 15 is 0 Å². The first-order chi connectivity index (χ1) is 20.2. The van der Waals surface area contributed by atoms with Crippen LogP contribution in [-0.2, 0) is 17.3 Å². The van der Waals surface area contributed by atoms with Crippen molar-refractivity contribution in [1.82, 2.24) is 0 Å². The lowest BCUT2D eigenvalue weighted by molar-refractivity contribution is 0.524. The molecule has 2 heterocycles. The van der Waals surface area contributed by atoms with Gasteiger partial charge in [0.25, 0.3) is 0 Å². The Morgan fingerprint density at radius 2 is 1.19 bits per heavy atom. The maximum atomic E-state index is 6.58. The molecule has 0 aliphatic rings. The number of rotatable bonds is 3. The van der Waals surface area contributed by atoms with Gasteiger partial charge in [-0.2, -0.15) is 0 Å². The Morgan fingerprint density at radius 3 is 2.00 bits per heavy atom. The summed E-state index contributed by atoms with van der Waals surface area (Å²) in [6.07, 6.45) is 0.884. The topological polar surface area (TPSA) is 26.3 Å². The van der Waals surface area contributed by atoms with E-state index in [1.807, 2.05) is 0 Å².